The fourth-order valence-electron chi connectivity index (χ4n) is 3.92. The molecule has 0 unspecified atom stereocenters. The van der Waals surface area contributed by atoms with Crippen LogP contribution >= 0.6 is 23.2 Å². The van der Waals surface area contributed by atoms with Crippen LogP contribution in [0.4, 0.5) is 31.9 Å². The van der Waals surface area contributed by atoms with E-state index in [0.29, 0.717) is 30.4 Å². The molecule has 232 valence electrons. The summed E-state index contributed by atoms with van der Waals surface area (Å²) in [6.45, 7) is 0.897. The second-order valence-electron chi connectivity index (χ2n) is 9.51. The number of hydrogen-bond acceptors (Lipinski definition) is 8. The number of anilines is 4. The highest BCUT2D eigenvalue weighted by molar-refractivity contribution is 6.33. The van der Waals surface area contributed by atoms with Crippen LogP contribution in [0.2, 0.25) is 10.3 Å². The molecular formula is C34H26Cl2F2N6O2. The van der Waals surface area contributed by atoms with E-state index in [0.717, 1.165) is 29.3 Å². The summed E-state index contributed by atoms with van der Waals surface area (Å²) >= 11 is 10.4. The molecule has 0 saturated carbocycles. The van der Waals surface area contributed by atoms with E-state index >= 15 is 0 Å². The number of ether oxygens (including phenoxy) is 2. The molecule has 0 aliphatic rings. The van der Waals surface area contributed by atoms with Crippen molar-refractivity contribution in [2.45, 2.75) is 13.2 Å². The molecule has 0 atom stereocenters. The van der Waals surface area contributed by atoms with Gasteiger partial charge in [-0.05, 0) is 35.4 Å². The topological polar surface area (TPSA) is 94.1 Å². The molecule has 0 spiro atoms. The lowest BCUT2D eigenvalue weighted by Gasteiger charge is -2.12. The Morgan fingerprint density at radius 2 is 1.13 bits per heavy atom. The summed E-state index contributed by atoms with van der Waals surface area (Å²) in [5, 5.41) is 5.62. The lowest BCUT2D eigenvalue weighted by atomic mass is 10.2. The van der Waals surface area contributed by atoms with Gasteiger partial charge in [0.05, 0.1) is 6.20 Å². The van der Waals surface area contributed by atoms with E-state index in [1.807, 2.05) is 103 Å². The Balaban J connectivity index is 0.000000400. The summed E-state index contributed by atoms with van der Waals surface area (Å²) in [6, 6.07) is 34.6. The van der Waals surface area contributed by atoms with Gasteiger partial charge in [0.1, 0.15) is 31.0 Å². The molecule has 6 rings (SSSR count). The van der Waals surface area contributed by atoms with Gasteiger partial charge >= 0.3 is 0 Å². The molecule has 0 saturated heterocycles. The zero-order chi connectivity index (χ0) is 32.1. The van der Waals surface area contributed by atoms with Crippen LogP contribution in [-0.2, 0) is 13.2 Å². The maximum Gasteiger partial charge on any atom is 0.229 e. The van der Waals surface area contributed by atoms with Crippen LogP contribution in [-0.4, -0.2) is 19.9 Å². The molecule has 2 N–H and O–H groups in total. The number of hydrogen-bond donors (Lipinski definition) is 2. The molecule has 0 bridgehead atoms. The van der Waals surface area contributed by atoms with Gasteiger partial charge in [-0.2, -0.15) is 4.98 Å². The van der Waals surface area contributed by atoms with E-state index < -0.39 is 11.6 Å². The quantitative estimate of drug-likeness (QED) is 0.141. The van der Waals surface area contributed by atoms with E-state index in [1.54, 1.807) is 6.07 Å². The summed E-state index contributed by atoms with van der Waals surface area (Å²) in [7, 11) is 0. The standard InChI is InChI=1S/C30H25FN4O2.C4HCl2FN2/c31-28-19-32-30(34-25-14-8-16-27(18-25)37-21-23-11-5-2-6-12-23)35-29(28)33-24-13-7-15-26(17-24)36-20-22-9-3-1-4-10-22;5-3-2(7)4(6)9-1-8-3/h1-19H,20-21H2,(H2,32,33,34,35);1H. The number of benzene rings is 4. The Bertz CT molecular complexity index is 1850. The van der Waals surface area contributed by atoms with Crippen molar-refractivity contribution >= 4 is 46.3 Å². The van der Waals surface area contributed by atoms with Crippen molar-refractivity contribution in [2.75, 3.05) is 10.6 Å². The van der Waals surface area contributed by atoms with Gasteiger partial charge in [0.25, 0.3) is 0 Å². The lowest BCUT2D eigenvalue weighted by molar-refractivity contribution is 0.306. The minimum Gasteiger partial charge on any atom is -0.489 e. The van der Waals surface area contributed by atoms with Gasteiger partial charge in [0.15, 0.2) is 27.8 Å². The first-order valence-corrected chi connectivity index (χ1v) is 14.6. The highest BCUT2D eigenvalue weighted by Crippen LogP contribution is 2.25. The summed E-state index contributed by atoms with van der Waals surface area (Å²) in [5.74, 6) is 0.312. The largest absolute Gasteiger partial charge is 0.489 e. The molecule has 0 fully saturated rings. The van der Waals surface area contributed by atoms with Crippen molar-refractivity contribution < 1.29 is 18.3 Å². The average molecular weight is 660 g/mol. The molecule has 46 heavy (non-hydrogen) atoms. The summed E-state index contributed by atoms with van der Waals surface area (Å²) < 4.78 is 38.6. The van der Waals surface area contributed by atoms with Gasteiger partial charge in [-0.1, -0.05) is 96.0 Å². The number of aromatic nitrogens is 4. The lowest BCUT2D eigenvalue weighted by Crippen LogP contribution is -2.04. The zero-order valence-electron chi connectivity index (χ0n) is 24.1. The molecule has 0 aliphatic carbocycles. The number of halogens is 4. The highest BCUT2D eigenvalue weighted by Gasteiger charge is 2.10. The maximum absolute atomic E-state index is 14.5. The third kappa shape index (κ3) is 9.59. The van der Waals surface area contributed by atoms with E-state index in [-0.39, 0.29) is 22.1 Å². The predicted octanol–water partition coefficient (Wildman–Crippen LogP) is 9.18. The SMILES string of the molecule is Fc1c(Cl)ncnc1Cl.Fc1cnc(Nc2cccc(OCc3ccccc3)c2)nc1Nc1cccc(OCc2ccccc2)c1. The Morgan fingerprint density at radius 1 is 0.609 bits per heavy atom. The monoisotopic (exact) mass is 658 g/mol. The van der Waals surface area contributed by atoms with Crippen LogP contribution in [0.3, 0.4) is 0 Å². The Labute approximate surface area is 274 Å². The Morgan fingerprint density at radius 3 is 1.65 bits per heavy atom. The molecule has 0 aliphatic heterocycles. The van der Waals surface area contributed by atoms with E-state index in [1.165, 1.54) is 0 Å². The number of nitrogens with one attached hydrogen (secondary N) is 2. The van der Waals surface area contributed by atoms with Crippen LogP contribution in [0.25, 0.3) is 0 Å². The average Bonchev–Trinajstić information content (AvgIpc) is 3.08. The first-order chi connectivity index (χ1) is 22.4. The number of rotatable bonds is 10. The van der Waals surface area contributed by atoms with Crippen LogP contribution in [0, 0.1) is 11.6 Å². The highest BCUT2D eigenvalue weighted by atomic mass is 35.5. The van der Waals surface area contributed by atoms with Crippen LogP contribution in [0.15, 0.2) is 122 Å². The van der Waals surface area contributed by atoms with Crippen molar-refractivity contribution in [1.29, 1.82) is 0 Å². The molecule has 2 aromatic heterocycles. The van der Waals surface area contributed by atoms with E-state index in [9.17, 15) is 8.78 Å². The van der Waals surface area contributed by atoms with Crippen molar-refractivity contribution in [1.82, 2.24) is 19.9 Å². The minimum atomic E-state index is -0.777. The zero-order valence-corrected chi connectivity index (χ0v) is 25.6. The van der Waals surface area contributed by atoms with Crippen molar-refractivity contribution in [3.8, 4) is 11.5 Å². The first kappa shape index (κ1) is 32.1. The molecular weight excluding hydrogens is 633 g/mol. The van der Waals surface area contributed by atoms with Crippen molar-refractivity contribution in [3.63, 3.8) is 0 Å². The summed E-state index contributed by atoms with van der Waals surface area (Å²) in [5.41, 5.74) is 3.51. The van der Waals surface area contributed by atoms with Gasteiger partial charge in [-0.25, -0.2) is 23.7 Å². The van der Waals surface area contributed by atoms with E-state index in [2.05, 4.69) is 30.6 Å². The van der Waals surface area contributed by atoms with Crippen LogP contribution in [0.5, 0.6) is 11.5 Å². The molecule has 0 amide bonds. The van der Waals surface area contributed by atoms with Crippen molar-refractivity contribution in [2.24, 2.45) is 0 Å². The first-order valence-electron chi connectivity index (χ1n) is 13.8. The fourth-order valence-corrected chi connectivity index (χ4v) is 4.23. The van der Waals surface area contributed by atoms with Gasteiger partial charge in [0.2, 0.25) is 5.95 Å². The Hall–Kier alpha value is -5.32. The molecule has 6 aromatic rings. The summed E-state index contributed by atoms with van der Waals surface area (Å²) in [6.07, 6.45) is 2.22. The normalized spacial score (nSPS) is 10.3. The minimum absolute atomic E-state index is 0.0502. The molecule has 2 heterocycles. The predicted molar refractivity (Wildman–Crippen MR) is 175 cm³/mol. The molecule has 8 nitrogen and oxygen atoms in total. The molecule has 0 radical (unpaired) electrons. The third-order valence-electron chi connectivity index (χ3n) is 6.13. The van der Waals surface area contributed by atoms with Crippen molar-refractivity contribution in [3.05, 3.63) is 155 Å². The molecule has 12 heteroatoms. The number of nitrogens with zero attached hydrogens (tertiary/aromatic N) is 4. The molecule has 4 aromatic carbocycles. The van der Waals surface area contributed by atoms with Gasteiger partial charge in [-0.3, -0.25) is 0 Å². The maximum atomic E-state index is 14.5. The van der Waals surface area contributed by atoms with Gasteiger partial charge in [-0.15, -0.1) is 0 Å². The van der Waals surface area contributed by atoms with Crippen LogP contribution in [0.1, 0.15) is 11.1 Å². The Kier molecular flexibility index (Phi) is 11.2. The van der Waals surface area contributed by atoms with Gasteiger partial charge in [0, 0.05) is 23.5 Å². The summed E-state index contributed by atoms with van der Waals surface area (Å²) in [4.78, 5) is 15.1. The third-order valence-corrected chi connectivity index (χ3v) is 6.66. The van der Waals surface area contributed by atoms with E-state index in [4.69, 9.17) is 32.7 Å². The van der Waals surface area contributed by atoms with Gasteiger partial charge < -0.3 is 20.1 Å². The second-order valence-corrected chi connectivity index (χ2v) is 10.2. The van der Waals surface area contributed by atoms with Crippen LogP contribution < -0.4 is 20.1 Å². The smallest absolute Gasteiger partial charge is 0.229 e. The second kappa shape index (κ2) is 16.1. The fraction of sp³-hybridized carbons (Fsp3) is 0.0588.